The van der Waals surface area contributed by atoms with Crippen LogP contribution in [0, 0.1) is 6.92 Å². The highest BCUT2D eigenvalue weighted by atomic mass is 32.1. The van der Waals surface area contributed by atoms with E-state index < -0.39 is 0 Å². The number of nitrogens with zero attached hydrogens (tertiary/aromatic N) is 1. The van der Waals surface area contributed by atoms with Gasteiger partial charge >= 0.3 is 0 Å². The number of hydrogen-bond acceptors (Lipinski definition) is 3. The first-order valence-electron chi connectivity index (χ1n) is 7.07. The molecule has 0 bridgehead atoms. The zero-order valence-electron chi connectivity index (χ0n) is 12.0. The maximum atomic E-state index is 4.12. The van der Waals surface area contributed by atoms with Crippen LogP contribution in [0.4, 0.5) is 0 Å². The highest BCUT2D eigenvalue weighted by molar-refractivity contribution is 7.15. The molecule has 0 unspecified atom stereocenters. The normalized spacial score (nSPS) is 10.7. The summed E-state index contributed by atoms with van der Waals surface area (Å²) in [5.41, 5.74) is 3.84. The van der Waals surface area contributed by atoms with Gasteiger partial charge in [-0.2, -0.15) is 0 Å². The van der Waals surface area contributed by atoms with Crippen LogP contribution in [-0.2, 0) is 13.1 Å². The summed E-state index contributed by atoms with van der Waals surface area (Å²) in [4.78, 5) is 6.81. The Bertz CT molecular complexity index is 704. The number of benzene rings is 1. The Labute approximate surface area is 129 Å². The Morgan fingerprint density at radius 1 is 1.00 bits per heavy atom. The summed E-state index contributed by atoms with van der Waals surface area (Å²) in [5, 5.41) is 3.51. The molecular formula is C18H18N2S. The smallest absolute Gasteiger partial charge is 0.0346 e. The summed E-state index contributed by atoms with van der Waals surface area (Å²) in [6.07, 6.45) is 3.76. The van der Waals surface area contributed by atoms with Crippen molar-refractivity contribution in [1.29, 1.82) is 0 Å². The minimum Gasteiger partial charge on any atom is -0.308 e. The van der Waals surface area contributed by atoms with E-state index >= 15 is 0 Å². The number of thiophene rings is 1. The van der Waals surface area contributed by atoms with Crippen molar-refractivity contribution < 1.29 is 0 Å². The lowest BCUT2D eigenvalue weighted by molar-refractivity contribution is 0.697. The molecule has 1 N–H and O–H groups in total. The first kappa shape index (κ1) is 14.0. The van der Waals surface area contributed by atoms with Gasteiger partial charge in [0.1, 0.15) is 0 Å². The van der Waals surface area contributed by atoms with E-state index in [1.54, 1.807) is 0 Å². The fraction of sp³-hybridized carbons (Fsp3) is 0.167. The summed E-state index contributed by atoms with van der Waals surface area (Å²) >= 11 is 1.85. The van der Waals surface area contributed by atoms with Gasteiger partial charge in [0, 0.05) is 35.2 Å². The Morgan fingerprint density at radius 3 is 2.67 bits per heavy atom. The van der Waals surface area contributed by atoms with E-state index in [0.717, 1.165) is 13.1 Å². The first-order chi connectivity index (χ1) is 10.3. The molecule has 0 radical (unpaired) electrons. The lowest BCUT2D eigenvalue weighted by Gasteiger charge is -2.06. The van der Waals surface area contributed by atoms with E-state index in [-0.39, 0.29) is 0 Å². The number of pyridine rings is 1. The van der Waals surface area contributed by atoms with Gasteiger partial charge in [-0.3, -0.25) is 4.98 Å². The van der Waals surface area contributed by atoms with Gasteiger partial charge in [-0.1, -0.05) is 30.3 Å². The standard InChI is InChI=1S/C18H18N2S/c1-14-11-19-10-9-16(14)12-20-13-17-7-8-18(21-17)15-5-3-2-4-6-15/h2-11,20H,12-13H2,1H3. The molecule has 2 aromatic heterocycles. The van der Waals surface area contributed by atoms with Crippen molar-refractivity contribution >= 4 is 11.3 Å². The average molecular weight is 294 g/mol. The zero-order valence-corrected chi connectivity index (χ0v) is 12.9. The number of aromatic nitrogens is 1. The Kier molecular flexibility index (Phi) is 4.43. The van der Waals surface area contributed by atoms with Gasteiger partial charge in [0.15, 0.2) is 0 Å². The van der Waals surface area contributed by atoms with Gasteiger partial charge in [-0.05, 0) is 41.8 Å². The highest BCUT2D eigenvalue weighted by Crippen LogP contribution is 2.27. The minimum absolute atomic E-state index is 0.882. The molecule has 0 spiro atoms. The van der Waals surface area contributed by atoms with Gasteiger partial charge < -0.3 is 5.32 Å². The number of hydrogen-bond donors (Lipinski definition) is 1. The predicted molar refractivity (Wildman–Crippen MR) is 89.3 cm³/mol. The van der Waals surface area contributed by atoms with Crippen LogP contribution in [0.3, 0.4) is 0 Å². The second-order valence-electron chi connectivity index (χ2n) is 5.04. The molecule has 3 heteroatoms. The molecule has 0 saturated carbocycles. The Morgan fingerprint density at radius 2 is 1.86 bits per heavy atom. The molecule has 106 valence electrons. The fourth-order valence-corrected chi connectivity index (χ4v) is 3.23. The highest BCUT2D eigenvalue weighted by Gasteiger charge is 2.03. The first-order valence-corrected chi connectivity index (χ1v) is 7.89. The van der Waals surface area contributed by atoms with Crippen molar-refractivity contribution in [2.24, 2.45) is 0 Å². The van der Waals surface area contributed by atoms with Crippen LogP contribution < -0.4 is 5.32 Å². The topological polar surface area (TPSA) is 24.9 Å². The largest absolute Gasteiger partial charge is 0.308 e. The van der Waals surface area contributed by atoms with Crippen molar-refractivity contribution in [1.82, 2.24) is 10.3 Å². The van der Waals surface area contributed by atoms with Crippen LogP contribution in [0.5, 0.6) is 0 Å². The third kappa shape index (κ3) is 3.57. The molecule has 1 aromatic carbocycles. The molecule has 0 saturated heterocycles. The third-order valence-electron chi connectivity index (χ3n) is 3.47. The lowest BCUT2D eigenvalue weighted by Crippen LogP contribution is -2.12. The molecule has 0 aliphatic carbocycles. The number of rotatable bonds is 5. The molecule has 0 atom stereocenters. The number of aryl methyl sites for hydroxylation is 1. The van der Waals surface area contributed by atoms with Crippen molar-refractivity contribution in [3.63, 3.8) is 0 Å². The molecule has 21 heavy (non-hydrogen) atoms. The van der Waals surface area contributed by atoms with Crippen LogP contribution in [0.1, 0.15) is 16.0 Å². The average Bonchev–Trinajstić information content (AvgIpc) is 2.99. The second-order valence-corrected chi connectivity index (χ2v) is 6.21. The van der Waals surface area contributed by atoms with Crippen molar-refractivity contribution in [2.75, 3.05) is 0 Å². The monoisotopic (exact) mass is 294 g/mol. The van der Waals surface area contributed by atoms with E-state index in [4.69, 9.17) is 0 Å². The van der Waals surface area contributed by atoms with E-state index in [9.17, 15) is 0 Å². The predicted octanol–water partition coefficient (Wildman–Crippen LogP) is 4.41. The number of nitrogens with one attached hydrogen (secondary N) is 1. The molecule has 0 aliphatic rings. The molecule has 3 aromatic rings. The van der Waals surface area contributed by atoms with Gasteiger partial charge in [0.25, 0.3) is 0 Å². The van der Waals surface area contributed by atoms with Crippen LogP contribution in [0.15, 0.2) is 60.9 Å². The van der Waals surface area contributed by atoms with E-state index in [1.165, 1.54) is 26.4 Å². The van der Waals surface area contributed by atoms with Crippen molar-refractivity contribution in [3.8, 4) is 10.4 Å². The summed E-state index contributed by atoms with van der Waals surface area (Å²) < 4.78 is 0. The molecule has 3 rings (SSSR count). The molecule has 2 nitrogen and oxygen atoms in total. The van der Waals surface area contributed by atoms with Crippen LogP contribution in [0.25, 0.3) is 10.4 Å². The minimum atomic E-state index is 0.882. The summed E-state index contributed by atoms with van der Waals surface area (Å²) in [7, 11) is 0. The van der Waals surface area contributed by atoms with Gasteiger partial charge in [0.2, 0.25) is 0 Å². The van der Waals surface area contributed by atoms with Gasteiger partial charge in [-0.15, -0.1) is 11.3 Å². The molecule has 0 fully saturated rings. The lowest BCUT2D eigenvalue weighted by atomic mass is 10.1. The molecular weight excluding hydrogens is 276 g/mol. The SMILES string of the molecule is Cc1cnccc1CNCc1ccc(-c2ccccc2)s1. The maximum absolute atomic E-state index is 4.12. The van der Waals surface area contributed by atoms with Gasteiger partial charge in [-0.25, -0.2) is 0 Å². The van der Waals surface area contributed by atoms with E-state index in [0.29, 0.717) is 0 Å². The third-order valence-corrected chi connectivity index (χ3v) is 4.61. The quantitative estimate of drug-likeness (QED) is 0.754. The summed E-state index contributed by atoms with van der Waals surface area (Å²) in [5.74, 6) is 0. The molecule has 0 amide bonds. The molecule has 0 aliphatic heterocycles. The van der Waals surface area contributed by atoms with Crippen LogP contribution in [-0.4, -0.2) is 4.98 Å². The molecule has 2 heterocycles. The fourth-order valence-electron chi connectivity index (χ4n) is 2.25. The Balaban J connectivity index is 1.60. The van der Waals surface area contributed by atoms with E-state index in [1.807, 2.05) is 23.7 Å². The second kappa shape index (κ2) is 6.66. The van der Waals surface area contributed by atoms with Crippen molar-refractivity contribution in [3.05, 3.63) is 76.9 Å². The summed E-state index contributed by atoms with van der Waals surface area (Å²) in [6, 6.07) is 17.0. The summed E-state index contributed by atoms with van der Waals surface area (Å²) in [6.45, 7) is 3.88. The Hall–Kier alpha value is -1.97. The van der Waals surface area contributed by atoms with Gasteiger partial charge in [0.05, 0.1) is 0 Å². The van der Waals surface area contributed by atoms with Crippen LogP contribution in [0.2, 0.25) is 0 Å². The maximum Gasteiger partial charge on any atom is 0.0346 e. The van der Waals surface area contributed by atoms with Crippen LogP contribution >= 0.6 is 11.3 Å². The van der Waals surface area contributed by atoms with Crippen molar-refractivity contribution in [2.45, 2.75) is 20.0 Å². The zero-order chi connectivity index (χ0) is 14.5. The van der Waals surface area contributed by atoms with E-state index in [2.05, 4.69) is 65.8 Å².